The highest BCUT2D eigenvalue weighted by Crippen LogP contribution is 2.25. The average molecular weight is 252 g/mol. The van der Waals surface area contributed by atoms with Gasteiger partial charge in [0, 0.05) is 12.3 Å². The van der Waals surface area contributed by atoms with Gasteiger partial charge in [0.25, 0.3) is 0 Å². The summed E-state index contributed by atoms with van der Waals surface area (Å²) in [5, 5.41) is 4.67. The van der Waals surface area contributed by atoms with Crippen LogP contribution in [0, 0.1) is 0 Å². The number of aromatic nitrogens is 1. The second kappa shape index (κ2) is 5.66. The first kappa shape index (κ1) is 11.9. The van der Waals surface area contributed by atoms with Crippen LogP contribution in [0.2, 0.25) is 0 Å². The summed E-state index contributed by atoms with van der Waals surface area (Å²) in [7, 11) is 0. The standard InChI is InChI=1S/C12H16N2S2/c1-9(13-7-8-15-2)12-14-10-5-3-4-6-11(10)16-12/h3-6,9,13H,7-8H2,1-2H3. The normalized spacial score (nSPS) is 13.1. The Balaban J connectivity index is 2.07. The van der Waals surface area contributed by atoms with Crippen molar-refractivity contribution in [2.75, 3.05) is 18.6 Å². The number of nitrogens with one attached hydrogen (secondary N) is 1. The van der Waals surface area contributed by atoms with Crippen LogP contribution in [0.5, 0.6) is 0 Å². The number of fused-ring (bicyclic) bond motifs is 1. The first-order valence-corrected chi connectivity index (χ1v) is 7.60. The largest absolute Gasteiger partial charge is 0.307 e. The Hall–Kier alpha value is -0.580. The lowest BCUT2D eigenvalue weighted by atomic mass is 10.3. The fraction of sp³-hybridized carbons (Fsp3) is 0.417. The van der Waals surface area contributed by atoms with Gasteiger partial charge in [-0.25, -0.2) is 4.98 Å². The molecule has 0 aliphatic carbocycles. The lowest BCUT2D eigenvalue weighted by molar-refractivity contribution is 0.599. The molecule has 86 valence electrons. The number of thiazole rings is 1. The smallest absolute Gasteiger partial charge is 0.111 e. The highest BCUT2D eigenvalue weighted by molar-refractivity contribution is 7.98. The van der Waals surface area contributed by atoms with Crippen molar-refractivity contribution in [2.45, 2.75) is 13.0 Å². The maximum atomic E-state index is 4.64. The molecule has 0 aliphatic heterocycles. The third kappa shape index (κ3) is 2.75. The fourth-order valence-electron chi connectivity index (χ4n) is 1.54. The third-order valence-corrected chi connectivity index (χ3v) is 4.27. The van der Waals surface area contributed by atoms with Gasteiger partial charge in [0.05, 0.1) is 16.3 Å². The van der Waals surface area contributed by atoms with E-state index in [1.807, 2.05) is 17.8 Å². The summed E-state index contributed by atoms with van der Waals surface area (Å²) in [4.78, 5) is 4.64. The Morgan fingerprint density at radius 1 is 1.44 bits per heavy atom. The molecule has 2 rings (SSSR count). The topological polar surface area (TPSA) is 24.9 Å². The number of thioether (sulfide) groups is 1. The van der Waals surface area contributed by atoms with Crippen molar-refractivity contribution >= 4 is 33.3 Å². The number of hydrogen-bond donors (Lipinski definition) is 1. The third-order valence-electron chi connectivity index (χ3n) is 2.44. The molecule has 1 heterocycles. The highest BCUT2D eigenvalue weighted by atomic mass is 32.2. The van der Waals surface area contributed by atoms with Crippen molar-refractivity contribution in [3.63, 3.8) is 0 Å². The Kier molecular flexibility index (Phi) is 4.21. The van der Waals surface area contributed by atoms with Gasteiger partial charge in [-0.2, -0.15) is 11.8 Å². The molecule has 0 amide bonds. The van der Waals surface area contributed by atoms with E-state index >= 15 is 0 Å². The van der Waals surface area contributed by atoms with Crippen LogP contribution >= 0.6 is 23.1 Å². The van der Waals surface area contributed by atoms with Crippen LogP contribution in [0.25, 0.3) is 10.2 Å². The van der Waals surface area contributed by atoms with Gasteiger partial charge in [-0.3, -0.25) is 0 Å². The van der Waals surface area contributed by atoms with Gasteiger partial charge in [-0.05, 0) is 25.3 Å². The second-order valence-electron chi connectivity index (χ2n) is 3.69. The van der Waals surface area contributed by atoms with E-state index in [1.54, 1.807) is 11.3 Å². The van der Waals surface area contributed by atoms with E-state index in [1.165, 1.54) is 9.71 Å². The van der Waals surface area contributed by atoms with Gasteiger partial charge in [-0.1, -0.05) is 12.1 Å². The van der Waals surface area contributed by atoms with Gasteiger partial charge in [0.2, 0.25) is 0 Å². The van der Waals surface area contributed by atoms with E-state index < -0.39 is 0 Å². The van der Waals surface area contributed by atoms with Crippen molar-refractivity contribution in [2.24, 2.45) is 0 Å². The molecule has 16 heavy (non-hydrogen) atoms. The molecule has 0 fully saturated rings. The minimum absolute atomic E-state index is 0.351. The molecule has 2 aromatic rings. The van der Waals surface area contributed by atoms with E-state index in [0.29, 0.717) is 6.04 Å². The molecule has 0 aliphatic rings. The highest BCUT2D eigenvalue weighted by Gasteiger charge is 2.09. The van der Waals surface area contributed by atoms with Gasteiger partial charge in [-0.15, -0.1) is 11.3 Å². The molecule has 1 atom stereocenters. The molecule has 1 aromatic heterocycles. The molecule has 1 unspecified atom stereocenters. The summed E-state index contributed by atoms with van der Waals surface area (Å²) < 4.78 is 1.27. The molecular formula is C12H16N2S2. The number of nitrogens with zero attached hydrogens (tertiary/aromatic N) is 1. The van der Waals surface area contributed by atoms with E-state index in [0.717, 1.165) is 17.8 Å². The van der Waals surface area contributed by atoms with Crippen LogP contribution in [0.1, 0.15) is 18.0 Å². The molecule has 0 saturated heterocycles. The summed E-state index contributed by atoms with van der Waals surface area (Å²) in [6.45, 7) is 3.22. The van der Waals surface area contributed by atoms with Gasteiger partial charge >= 0.3 is 0 Å². The zero-order valence-corrected chi connectivity index (χ0v) is 11.2. The number of para-hydroxylation sites is 1. The molecule has 0 spiro atoms. The second-order valence-corrected chi connectivity index (χ2v) is 5.74. The minimum atomic E-state index is 0.351. The van der Waals surface area contributed by atoms with Gasteiger partial charge < -0.3 is 5.32 Å². The summed E-state index contributed by atoms with van der Waals surface area (Å²) in [6, 6.07) is 8.66. The van der Waals surface area contributed by atoms with E-state index in [9.17, 15) is 0 Å². The summed E-state index contributed by atoms with van der Waals surface area (Å²) in [5.41, 5.74) is 1.11. The Bertz CT molecular complexity index is 420. The zero-order valence-electron chi connectivity index (χ0n) is 9.56. The summed E-state index contributed by atoms with van der Waals surface area (Å²) in [5.74, 6) is 1.15. The molecular weight excluding hydrogens is 236 g/mol. The van der Waals surface area contributed by atoms with Crippen LogP contribution in [-0.2, 0) is 0 Å². The molecule has 0 saturated carbocycles. The zero-order chi connectivity index (χ0) is 11.4. The SMILES string of the molecule is CSCCNC(C)c1nc2ccccc2s1. The summed E-state index contributed by atoms with van der Waals surface area (Å²) in [6.07, 6.45) is 2.13. The van der Waals surface area contributed by atoms with Crippen molar-refractivity contribution in [3.05, 3.63) is 29.3 Å². The van der Waals surface area contributed by atoms with Crippen LogP contribution in [0.3, 0.4) is 0 Å². The van der Waals surface area contributed by atoms with Crippen molar-refractivity contribution in [3.8, 4) is 0 Å². The van der Waals surface area contributed by atoms with E-state index in [2.05, 4.69) is 41.7 Å². The number of rotatable bonds is 5. The predicted molar refractivity (Wildman–Crippen MR) is 74.4 cm³/mol. The van der Waals surface area contributed by atoms with Crippen molar-refractivity contribution < 1.29 is 0 Å². The number of hydrogen-bond acceptors (Lipinski definition) is 4. The predicted octanol–water partition coefficient (Wildman–Crippen LogP) is 3.31. The monoisotopic (exact) mass is 252 g/mol. The van der Waals surface area contributed by atoms with E-state index in [-0.39, 0.29) is 0 Å². The maximum Gasteiger partial charge on any atom is 0.111 e. The first-order chi connectivity index (χ1) is 7.81. The van der Waals surface area contributed by atoms with Crippen LogP contribution in [0.15, 0.2) is 24.3 Å². The molecule has 0 bridgehead atoms. The van der Waals surface area contributed by atoms with E-state index in [4.69, 9.17) is 0 Å². The first-order valence-electron chi connectivity index (χ1n) is 5.39. The Morgan fingerprint density at radius 3 is 3.00 bits per heavy atom. The minimum Gasteiger partial charge on any atom is -0.307 e. The average Bonchev–Trinajstić information content (AvgIpc) is 2.73. The maximum absolute atomic E-state index is 4.64. The van der Waals surface area contributed by atoms with Gasteiger partial charge in [0.1, 0.15) is 5.01 Å². The molecule has 4 heteroatoms. The lowest BCUT2D eigenvalue weighted by Gasteiger charge is -2.09. The molecule has 1 N–H and O–H groups in total. The fourth-order valence-corrected chi connectivity index (χ4v) is 2.86. The van der Waals surface area contributed by atoms with Crippen molar-refractivity contribution in [1.29, 1.82) is 0 Å². The quantitative estimate of drug-likeness (QED) is 0.826. The van der Waals surface area contributed by atoms with Crippen LogP contribution < -0.4 is 5.32 Å². The number of benzene rings is 1. The molecule has 1 aromatic carbocycles. The Labute approximate surface area is 104 Å². The van der Waals surface area contributed by atoms with Gasteiger partial charge in [0.15, 0.2) is 0 Å². The lowest BCUT2D eigenvalue weighted by Crippen LogP contribution is -2.21. The van der Waals surface area contributed by atoms with Crippen LogP contribution in [0.4, 0.5) is 0 Å². The van der Waals surface area contributed by atoms with Crippen LogP contribution in [-0.4, -0.2) is 23.5 Å². The van der Waals surface area contributed by atoms with Crippen molar-refractivity contribution in [1.82, 2.24) is 10.3 Å². The summed E-state index contributed by atoms with van der Waals surface area (Å²) >= 11 is 3.65. The molecule has 0 radical (unpaired) electrons. The molecule has 2 nitrogen and oxygen atoms in total. The Morgan fingerprint density at radius 2 is 2.25 bits per heavy atom.